The number of hydrogen-bond donors (Lipinski definition) is 2. The van der Waals surface area contributed by atoms with E-state index < -0.39 is 0 Å². The maximum Gasteiger partial charge on any atom is 0.242 e. The first-order valence-corrected chi connectivity index (χ1v) is 8.00. The van der Waals surface area contributed by atoms with Crippen LogP contribution in [0.2, 0.25) is 0 Å². The molecule has 0 atom stereocenters. The normalized spacial score (nSPS) is 11.1. The Morgan fingerprint density at radius 3 is 2.58 bits per heavy atom. The van der Waals surface area contributed by atoms with Gasteiger partial charge in [0.05, 0.1) is 12.7 Å². The highest BCUT2D eigenvalue weighted by Crippen LogP contribution is 2.29. The summed E-state index contributed by atoms with van der Waals surface area (Å²) in [6.45, 7) is 3.90. The highest BCUT2D eigenvalue weighted by molar-refractivity contribution is 6.08. The van der Waals surface area contributed by atoms with Crippen molar-refractivity contribution >= 4 is 33.6 Å². The highest BCUT2D eigenvalue weighted by Gasteiger charge is 2.14. The lowest BCUT2D eigenvalue weighted by molar-refractivity contribution is -0.129. The number of furan rings is 1. The average Bonchev–Trinajstić information content (AvgIpc) is 2.96. The lowest BCUT2D eigenvalue weighted by atomic mass is 10.0. The van der Waals surface area contributed by atoms with Crippen molar-refractivity contribution in [1.29, 1.82) is 0 Å². The molecule has 0 aliphatic heterocycles. The molecule has 0 saturated carbocycles. The van der Waals surface area contributed by atoms with Crippen LogP contribution >= 0.6 is 0 Å². The Hall–Kier alpha value is -2.82. The van der Waals surface area contributed by atoms with Gasteiger partial charge in [-0.3, -0.25) is 20.4 Å². The number of rotatable bonds is 4. The molecule has 2 N–H and O–H groups in total. The van der Waals surface area contributed by atoms with Gasteiger partial charge in [-0.25, -0.2) is 0 Å². The summed E-state index contributed by atoms with van der Waals surface area (Å²) in [7, 11) is 0. The molecule has 0 aliphatic carbocycles. The lowest BCUT2D eigenvalue weighted by Gasteiger charge is -2.08. The van der Waals surface area contributed by atoms with Crippen LogP contribution in [0, 0.1) is 5.92 Å². The van der Waals surface area contributed by atoms with Crippen molar-refractivity contribution in [2.24, 2.45) is 5.92 Å². The van der Waals surface area contributed by atoms with Gasteiger partial charge in [0.25, 0.3) is 0 Å². The zero-order valence-corrected chi connectivity index (χ0v) is 13.8. The average molecular weight is 324 g/mol. The summed E-state index contributed by atoms with van der Waals surface area (Å²) in [5.41, 5.74) is 6.45. The largest absolute Gasteiger partial charge is 0.464 e. The molecule has 3 rings (SSSR count). The molecule has 124 valence electrons. The standard InChI is InChI=1S/C19H20N2O3/c1-12(2)9-17(22)20-21-18(23)10-14-11-24-16-8-7-13-5-3-4-6-15(13)19(14)16/h3-8,11-12H,9-10H2,1-2H3,(H,20,22)(H,21,23). The third-order valence-electron chi connectivity index (χ3n) is 3.83. The van der Waals surface area contributed by atoms with Gasteiger partial charge >= 0.3 is 0 Å². The summed E-state index contributed by atoms with van der Waals surface area (Å²) in [6.07, 6.45) is 2.12. The third kappa shape index (κ3) is 3.40. The summed E-state index contributed by atoms with van der Waals surface area (Å²) >= 11 is 0. The van der Waals surface area contributed by atoms with E-state index in [4.69, 9.17) is 4.42 Å². The molecule has 0 unspecified atom stereocenters. The van der Waals surface area contributed by atoms with Crippen molar-refractivity contribution in [2.45, 2.75) is 26.7 Å². The van der Waals surface area contributed by atoms with E-state index in [2.05, 4.69) is 10.9 Å². The number of amides is 2. The minimum Gasteiger partial charge on any atom is -0.464 e. The molecule has 2 aromatic carbocycles. The Kier molecular flexibility index (Phi) is 4.51. The number of benzene rings is 2. The molecule has 5 nitrogen and oxygen atoms in total. The smallest absolute Gasteiger partial charge is 0.242 e. The fourth-order valence-electron chi connectivity index (χ4n) is 2.78. The quantitative estimate of drug-likeness (QED) is 0.723. The molecular formula is C19H20N2O3. The molecule has 0 aliphatic rings. The first kappa shape index (κ1) is 16.1. The van der Waals surface area contributed by atoms with Crippen molar-refractivity contribution in [3.05, 3.63) is 48.2 Å². The topological polar surface area (TPSA) is 71.3 Å². The summed E-state index contributed by atoms with van der Waals surface area (Å²) in [6, 6.07) is 11.9. The number of nitrogens with one attached hydrogen (secondary N) is 2. The van der Waals surface area contributed by atoms with Crippen molar-refractivity contribution in [2.75, 3.05) is 0 Å². The van der Waals surface area contributed by atoms with Crippen LogP contribution in [-0.4, -0.2) is 11.8 Å². The van der Waals surface area contributed by atoms with Crippen LogP contribution < -0.4 is 10.9 Å². The predicted octanol–water partition coefficient (Wildman–Crippen LogP) is 3.32. The zero-order valence-electron chi connectivity index (χ0n) is 13.8. The van der Waals surface area contributed by atoms with Crippen molar-refractivity contribution in [1.82, 2.24) is 10.9 Å². The van der Waals surface area contributed by atoms with Crippen molar-refractivity contribution in [3.8, 4) is 0 Å². The fraction of sp³-hybridized carbons (Fsp3) is 0.263. The maximum atomic E-state index is 12.1. The summed E-state index contributed by atoms with van der Waals surface area (Å²) < 4.78 is 5.57. The van der Waals surface area contributed by atoms with Gasteiger partial charge in [-0.15, -0.1) is 0 Å². The van der Waals surface area contributed by atoms with Gasteiger partial charge in [-0.05, 0) is 22.8 Å². The molecular weight excluding hydrogens is 304 g/mol. The number of hydrogen-bond acceptors (Lipinski definition) is 3. The van der Waals surface area contributed by atoms with Crippen molar-refractivity contribution in [3.63, 3.8) is 0 Å². The van der Waals surface area contributed by atoms with Gasteiger partial charge in [0.2, 0.25) is 11.8 Å². The molecule has 0 fully saturated rings. The van der Waals surface area contributed by atoms with E-state index in [0.29, 0.717) is 6.42 Å². The monoisotopic (exact) mass is 324 g/mol. The Morgan fingerprint density at radius 1 is 1.04 bits per heavy atom. The Morgan fingerprint density at radius 2 is 1.79 bits per heavy atom. The van der Waals surface area contributed by atoms with Crippen LogP contribution in [0.1, 0.15) is 25.8 Å². The van der Waals surface area contributed by atoms with Crippen LogP contribution in [0.5, 0.6) is 0 Å². The SMILES string of the molecule is CC(C)CC(=O)NNC(=O)Cc1coc2ccc3ccccc3c12. The number of hydrazine groups is 1. The molecule has 2 amide bonds. The molecule has 24 heavy (non-hydrogen) atoms. The van der Waals surface area contributed by atoms with Crippen LogP contribution in [-0.2, 0) is 16.0 Å². The number of carbonyl (C=O) groups is 2. The minimum absolute atomic E-state index is 0.142. The number of carbonyl (C=O) groups excluding carboxylic acids is 2. The third-order valence-corrected chi connectivity index (χ3v) is 3.83. The van der Waals surface area contributed by atoms with Gasteiger partial charge in [-0.2, -0.15) is 0 Å². The van der Waals surface area contributed by atoms with E-state index in [0.717, 1.165) is 27.3 Å². The van der Waals surface area contributed by atoms with E-state index in [1.165, 1.54) is 0 Å². The van der Waals surface area contributed by atoms with E-state index >= 15 is 0 Å². The molecule has 0 spiro atoms. The van der Waals surface area contributed by atoms with E-state index in [-0.39, 0.29) is 24.2 Å². The lowest BCUT2D eigenvalue weighted by Crippen LogP contribution is -2.42. The maximum absolute atomic E-state index is 12.1. The Bertz CT molecular complexity index is 896. The second kappa shape index (κ2) is 6.74. The molecule has 0 bridgehead atoms. The van der Waals surface area contributed by atoms with E-state index in [1.54, 1.807) is 6.26 Å². The van der Waals surface area contributed by atoms with Gasteiger partial charge in [0.1, 0.15) is 5.58 Å². The fourth-order valence-corrected chi connectivity index (χ4v) is 2.78. The molecule has 1 heterocycles. The van der Waals surface area contributed by atoms with Gasteiger partial charge in [0, 0.05) is 17.4 Å². The number of fused-ring (bicyclic) bond motifs is 3. The van der Waals surface area contributed by atoms with Gasteiger partial charge < -0.3 is 4.42 Å². The molecule has 0 saturated heterocycles. The Labute approximate surface area is 140 Å². The summed E-state index contributed by atoms with van der Waals surface area (Å²) in [5, 5.41) is 3.09. The van der Waals surface area contributed by atoms with Crippen LogP contribution in [0.15, 0.2) is 47.1 Å². The van der Waals surface area contributed by atoms with Crippen LogP contribution in [0.3, 0.4) is 0 Å². The van der Waals surface area contributed by atoms with E-state index in [1.807, 2.05) is 50.2 Å². The summed E-state index contributed by atoms with van der Waals surface area (Å²) in [4.78, 5) is 23.7. The second-order valence-electron chi connectivity index (χ2n) is 6.29. The van der Waals surface area contributed by atoms with E-state index in [9.17, 15) is 9.59 Å². The minimum atomic E-state index is -0.275. The predicted molar refractivity (Wildman–Crippen MR) is 93.2 cm³/mol. The summed E-state index contributed by atoms with van der Waals surface area (Å²) in [5.74, 6) is -0.227. The molecule has 1 aromatic heterocycles. The van der Waals surface area contributed by atoms with Gasteiger partial charge in [-0.1, -0.05) is 44.2 Å². The second-order valence-corrected chi connectivity index (χ2v) is 6.29. The first-order valence-electron chi connectivity index (χ1n) is 8.00. The van der Waals surface area contributed by atoms with Crippen molar-refractivity contribution < 1.29 is 14.0 Å². The first-order chi connectivity index (χ1) is 11.5. The Balaban J connectivity index is 1.77. The molecule has 0 radical (unpaired) electrons. The van der Waals surface area contributed by atoms with Crippen LogP contribution in [0.25, 0.3) is 21.7 Å². The van der Waals surface area contributed by atoms with Crippen LogP contribution in [0.4, 0.5) is 0 Å². The molecule has 3 aromatic rings. The highest BCUT2D eigenvalue weighted by atomic mass is 16.3. The molecule has 5 heteroatoms. The zero-order chi connectivity index (χ0) is 17.1. The van der Waals surface area contributed by atoms with Gasteiger partial charge in [0.15, 0.2) is 0 Å².